The van der Waals surface area contributed by atoms with E-state index in [9.17, 15) is 9.90 Å². The molecule has 0 bridgehead atoms. The number of aromatic nitrogens is 6. The van der Waals surface area contributed by atoms with Gasteiger partial charge in [-0.15, -0.1) is 0 Å². The average molecular weight is 501 g/mol. The molecule has 0 unspecified atom stereocenters. The van der Waals surface area contributed by atoms with Crippen molar-refractivity contribution in [2.45, 2.75) is 39.0 Å². The highest BCUT2D eigenvalue weighted by Crippen LogP contribution is 2.32. The van der Waals surface area contributed by atoms with Gasteiger partial charge in [-0.2, -0.15) is 15.5 Å². The number of hydrogen-bond acceptors (Lipinski definition) is 9. The highest BCUT2D eigenvalue weighted by molar-refractivity contribution is 6.02. The fourth-order valence-corrected chi connectivity index (χ4v) is 4.78. The number of nitrogens with one attached hydrogen (secondary N) is 1. The maximum atomic E-state index is 12.4. The first-order chi connectivity index (χ1) is 17.9. The number of amides is 1. The third-order valence-corrected chi connectivity index (χ3v) is 6.67. The summed E-state index contributed by atoms with van der Waals surface area (Å²) in [5.41, 5.74) is 9.55. The second-order valence-corrected chi connectivity index (χ2v) is 9.36. The van der Waals surface area contributed by atoms with Gasteiger partial charge in [0, 0.05) is 42.7 Å². The fourth-order valence-electron chi connectivity index (χ4n) is 4.78. The summed E-state index contributed by atoms with van der Waals surface area (Å²) in [6.07, 6.45) is 10.4. The van der Waals surface area contributed by atoms with Gasteiger partial charge in [-0.3, -0.25) is 9.48 Å². The molecule has 4 aromatic rings. The molecule has 1 fully saturated rings. The van der Waals surface area contributed by atoms with Crippen molar-refractivity contribution in [3.8, 4) is 17.2 Å². The van der Waals surface area contributed by atoms with Crippen LogP contribution in [0.4, 0.5) is 11.6 Å². The predicted molar refractivity (Wildman–Crippen MR) is 137 cm³/mol. The Morgan fingerprint density at radius 1 is 1.22 bits per heavy atom. The van der Waals surface area contributed by atoms with E-state index in [1.807, 2.05) is 24.5 Å². The smallest absolute Gasteiger partial charge is 0.252 e. The molecular weight excluding hydrogens is 472 g/mol. The summed E-state index contributed by atoms with van der Waals surface area (Å²) in [5.74, 6) is 0.264. The molecule has 1 saturated heterocycles. The predicted octanol–water partition coefficient (Wildman–Crippen LogP) is 1.67. The van der Waals surface area contributed by atoms with Crippen molar-refractivity contribution in [1.29, 1.82) is 5.26 Å². The van der Waals surface area contributed by atoms with Gasteiger partial charge in [-0.25, -0.2) is 14.5 Å². The van der Waals surface area contributed by atoms with Crippen molar-refractivity contribution in [2.24, 2.45) is 11.7 Å². The number of aliphatic hydroxyl groups is 1. The zero-order valence-corrected chi connectivity index (χ0v) is 20.6. The Labute approximate surface area is 213 Å². The van der Waals surface area contributed by atoms with Crippen LogP contribution in [0, 0.1) is 17.2 Å². The minimum absolute atomic E-state index is 0.000635. The monoisotopic (exact) mass is 500 g/mol. The molecule has 1 aliphatic rings. The molecule has 4 N–H and O–H groups in total. The fraction of sp³-hybridized carbons (Fsp3) is 0.360. The van der Waals surface area contributed by atoms with E-state index in [1.54, 1.807) is 22.3 Å². The summed E-state index contributed by atoms with van der Waals surface area (Å²) in [5, 5.41) is 31.0. The lowest BCUT2D eigenvalue weighted by Crippen LogP contribution is -2.31. The molecule has 5 heterocycles. The van der Waals surface area contributed by atoms with E-state index in [4.69, 9.17) is 11.0 Å². The molecule has 4 aromatic heterocycles. The van der Waals surface area contributed by atoms with Crippen LogP contribution in [-0.4, -0.2) is 65.6 Å². The summed E-state index contributed by atoms with van der Waals surface area (Å²) in [6, 6.07) is 3.99. The highest BCUT2D eigenvalue weighted by Gasteiger charge is 2.34. The van der Waals surface area contributed by atoms with E-state index >= 15 is 0 Å². The second kappa shape index (κ2) is 9.87. The van der Waals surface area contributed by atoms with Gasteiger partial charge in [0.2, 0.25) is 5.95 Å². The number of fused-ring (bicyclic) bond motifs is 1. The molecular formula is C25H28N10O2. The summed E-state index contributed by atoms with van der Waals surface area (Å²) in [6.45, 7) is 5.59. The van der Waals surface area contributed by atoms with Gasteiger partial charge < -0.3 is 21.1 Å². The lowest BCUT2D eigenvalue weighted by Gasteiger charge is -2.21. The van der Waals surface area contributed by atoms with Gasteiger partial charge in [0.15, 0.2) is 0 Å². The number of carbonyl (C=O) groups is 1. The van der Waals surface area contributed by atoms with Crippen LogP contribution in [0.5, 0.6) is 0 Å². The SMILES string of the molecule is CC[C@H]1CN(c2ncc(C#N)cn2)C[C@H]1Nc1c(C(N)=O)cnn2cc(-c3cnn(C[C@@H](C)O)c3)cc12. The number of aliphatic hydroxyl groups excluding tert-OH is 1. The van der Waals surface area contributed by atoms with Crippen molar-refractivity contribution in [3.05, 3.63) is 54.4 Å². The van der Waals surface area contributed by atoms with E-state index < -0.39 is 12.0 Å². The molecule has 5 rings (SSSR count). The highest BCUT2D eigenvalue weighted by atomic mass is 16.3. The Bertz CT molecular complexity index is 1470. The first-order valence-electron chi connectivity index (χ1n) is 12.1. The number of rotatable bonds is 8. The molecule has 0 aliphatic carbocycles. The Morgan fingerprint density at radius 2 is 2.00 bits per heavy atom. The summed E-state index contributed by atoms with van der Waals surface area (Å²) >= 11 is 0. The van der Waals surface area contributed by atoms with Gasteiger partial charge in [0.1, 0.15) is 6.07 Å². The van der Waals surface area contributed by atoms with Crippen molar-refractivity contribution < 1.29 is 9.90 Å². The average Bonchev–Trinajstić information content (AvgIpc) is 3.62. The van der Waals surface area contributed by atoms with Gasteiger partial charge in [-0.05, 0) is 25.3 Å². The number of anilines is 2. The maximum absolute atomic E-state index is 12.4. The van der Waals surface area contributed by atoms with Crippen molar-refractivity contribution in [3.63, 3.8) is 0 Å². The number of nitrogens with two attached hydrogens (primary N) is 1. The van der Waals surface area contributed by atoms with Gasteiger partial charge in [0.25, 0.3) is 5.91 Å². The number of nitrogens with zero attached hydrogens (tertiary/aromatic N) is 8. The van der Waals surface area contributed by atoms with Crippen LogP contribution in [0.15, 0.2) is 43.2 Å². The Morgan fingerprint density at radius 3 is 2.68 bits per heavy atom. The molecule has 37 heavy (non-hydrogen) atoms. The molecule has 0 saturated carbocycles. The molecule has 3 atom stereocenters. The van der Waals surface area contributed by atoms with Gasteiger partial charge in [0.05, 0.1) is 59.8 Å². The Kier molecular flexibility index (Phi) is 6.45. The van der Waals surface area contributed by atoms with E-state index in [0.29, 0.717) is 35.9 Å². The number of nitriles is 1. The molecule has 0 spiro atoms. The molecule has 1 aliphatic heterocycles. The van der Waals surface area contributed by atoms with Gasteiger partial charge in [-0.1, -0.05) is 6.92 Å². The maximum Gasteiger partial charge on any atom is 0.252 e. The Balaban J connectivity index is 1.47. The first-order valence-corrected chi connectivity index (χ1v) is 12.1. The van der Waals surface area contributed by atoms with Crippen molar-refractivity contribution >= 4 is 23.1 Å². The lowest BCUT2D eigenvalue weighted by molar-refractivity contribution is 0.100. The first kappa shape index (κ1) is 24.2. The van der Waals surface area contributed by atoms with E-state index in [2.05, 4.69) is 37.3 Å². The molecule has 12 heteroatoms. The third kappa shape index (κ3) is 4.81. The third-order valence-electron chi connectivity index (χ3n) is 6.67. The zero-order chi connectivity index (χ0) is 26.1. The second-order valence-electron chi connectivity index (χ2n) is 9.36. The van der Waals surface area contributed by atoms with E-state index in [0.717, 1.165) is 29.6 Å². The molecule has 190 valence electrons. The van der Waals surface area contributed by atoms with Crippen molar-refractivity contribution in [1.82, 2.24) is 29.4 Å². The number of hydrogen-bond donors (Lipinski definition) is 3. The topological polar surface area (TPSA) is 163 Å². The lowest BCUT2D eigenvalue weighted by atomic mass is 10.00. The minimum Gasteiger partial charge on any atom is -0.391 e. The van der Waals surface area contributed by atoms with E-state index in [1.165, 1.54) is 18.6 Å². The number of primary amides is 1. The van der Waals surface area contributed by atoms with Crippen LogP contribution in [-0.2, 0) is 6.54 Å². The summed E-state index contributed by atoms with van der Waals surface area (Å²) in [7, 11) is 0. The molecule has 0 aromatic carbocycles. The Hall–Kier alpha value is -4.50. The van der Waals surface area contributed by atoms with Crippen LogP contribution < -0.4 is 16.0 Å². The normalized spacial score (nSPS) is 18.2. The van der Waals surface area contributed by atoms with E-state index in [-0.39, 0.29) is 12.0 Å². The van der Waals surface area contributed by atoms with Crippen LogP contribution >= 0.6 is 0 Å². The standard InChI is InChI=1S/C25H28N10O2/c1-3-17-11-33(25-28-6-16(5-26)7-29-25)14-21(17)32-23-20(24(27)37)9-31-35-13-18(4-22(23)35)19-8-30-34(12-19)10-15(2)36/h4,6-9,12-13,15,17,21,32,36H,3,10-11,14H2,1-2H3,(H2,27,37)/t15-,17+,21-/m1/s1. The molecule has 1 amide bonds. The quantitative estimate of drug-likeness (QED) is 0.326. The van der Waals surface area contributed by atoms with Crippen LogP contribution in [0.3, 0.4) is 0 Å². The molecule has 0 radical (unpaired) electrons. The van der Waals surface area contributed by atoms with Crippen molar-refractivity contribution in [2.75, 3.05) is 23.3 Å². The van der Waals surface area contributed by atoms with Crippen LogP contribution in [0.2, 0.25) is 0 Å². The summed E-state index contributed by atoms with van der Waals surface area (Å²) in [4.78, 5) is 23.1. The van der Waals surface area contributed by atoms with Crippen LogP contribution in [0.1, 0.15) is 36.2 Å². The summed E-state index contributed by atoms with van der Waals surface area (Å²) < 4.78 is 3.40. The largest absolute Gasteiger partial charge is 0.391 e. The minimum atomic E-state index is -0.566. The molecule has 12 nitrogen and oxygen atoms in total. The zero-order valence-electron chi connectivity index (χ0n) is 20.6. The number of carbonyl (C=O) groups excluding carboxylic acids is 1. The van der Waals surface area contributed by atoms with Crippen LogP contribution in [0.25, 0.3) is 16.6 Å². The van der Waals surface area contributed by atoms with Gasteiger partial charge >= 0.3 is 0 Å².